The molecule has 0 heterocycles. The molecule has 1 aromatic rings. The summed E-state index contributed by atoms with van der Waals surface area (Å²) in [7, 11) is -2.92. The molecule has 0 radical (unpaired) electrons. The molecule has 1 aromatic carbocycles. The maximum absolute atomic E-state index is 12.9. The van der Waals surface area contributed by atoms with E-state index in [0.29, 0.717) is 6.07 Å². The van der Waals surface area contributed by atoms with Crippen molar-refractivity contribution in [2.75, 3.05) is 25.5 Å². The minimum absolute atomic E-state index is 0.0406. The lowest BCUT2D eigenvalue weighted by atomic mass is 10.2. The molecule has 0 bridgehead atoms. The molecule has 0 unspecified atom stereocenters. The van der Waals surface area contributed by atoms with Crippen LogP contribution in [0.3, 0.4) is 0 Å². The maximum Gasteiger partial charge on any atom is 0.416 e. The van der Waals surface area contributed by atoms with Crippen LogP contribution in [0.4, 0.5) is 18.9 Å². The number of sulfonamides is 1. The Hall–Kier alpha value is -1.81. The van der Waals surface area contributed by atoms with E-state index in [9.17, 15) is 26.4 Å². The van der Waals surface area contributed by atoms with Crippen LogP contribution in [-0.2, 0) is 25.7 Å². The summed E-state index contributed by atoms with van der Waals surface area (Å²) in [6.45, 7) is 1.61. The molecule has 6 nitrogen and oxygen atoms in total. The minimum atomic E-state index is -4.69. The summed E-state index contributed by atoms with van der Waals surface area (Å²) in [6.07, 6.45) is -4.50. The summed E-state index contributed by atoms with van der Waals surface area (Å²) in [6, 6.07) is 2.41. The molecule has 0 aliphatic rings. The molecule has 0 fully saturated rings. The SMILES string of the molecule is CCC(=O)OCCNc1cc(C(F)(F)F)cc(S(=O)(=O)NC)c1. The Morgan fingerprint density at radius 2 is 1.91 bits per heavy atom. The Morgan fingerprint density at radius 3 is 2.43 bits per heavy atom. The lowest BCUT2D eigenvalue weighted by molar-refractivity contribution is -0.142. The Morgan fingerprint density at radius 1 is 1.26 bits per heavy atom. The fourth-order valence-corrected chi connectivity index (χ4v) is 2.40. The van der Waals surface area contributed by atoms with Gasteiger partial charge in [0.2, 0.25) is 10.0 Å². The van der Waals surface area contributed by atoms with Crippen LogP contribution in [-0.4, -0.2) is 34.6 Å². The molecule has 10 heteroatoms. The number of hydrogen-bond donors (Lipinski definition) is 2. The van der Waals surface area contributed by atoms with Crippen LogP contribution in [0.5, 0.6) is 0 Å². The van der Waals surface area contributed by atoms with Gasteiger partial charge >= 0.3 is 12.1 Å². The molecule has 0 aromatic heterocycles. The summed E-state index contributed by atoms with van der Waals surface area (Å²) >= 11 is 0. The van der Waals surface area contributed by atoms with Crippen molar-refractivity contribution in [3.05, 3.63) is 23.8 Å². The molecular weight excluding hydrogens is 337 g/mol. The molecule has 2 N–H and O–H groups in total. The topological polar surface area (TPSA) is 84.5 Å². The van der Waals surface area contributed by atoms with E-state index < -0.39 is 32.6 Å². The third-order valence-corrected chi connectivity index (χ3v) is 4.19. The highest BCUT2D eigenvalue weighted by molar-refractivity contribution is 7.89. The van der Waals surface area contributed by atoms with Crippen molar-refractivity contribution in [1.29, 1.82) is 0 Å². The van der Waals surface area contributed by atoms with Crippen molar-refractivity contribution in [1.82, 2.24) is 4.72 Å². The number of halogens is 3. The third kappa shape index (κ3) is 5.71. The van der Waals surface area contributed by atoms with Gasteiger partial charge < -0.3 is 10.1 Å². The Kier molecular flexibility index (Phi) is 6.39. The minimum Gasteiger partial charge on any atom is -0.464 e. The number of alkyl halides is 3. The van der Waals surface area contributed by atoms with Gasteiger partial charge in [0.1, 0.15) is 6.61 Å². The van der Waals surface area contributed by atoms with Gasteiger partial charge in [-0.15, -0.1) is 0 Å². The highest BCUT2D eigenvalue weighted by atomic mass is 32.2. The van der Waals surface area contributed by atoms with Crippen LogP contribution >= 0.6 is 0 Å². The maximum atomic E-state index is 12.9. The Bertz CT molecular complexity index is 660. The zero-order chi connectivity index (χ0) is 17.7. The highest BCUT2D eigenvalue weighted by Gasteiger charge is 2.32. The number of carbonyl (C=O) groups is 1. The molecule has 1 rings (SSSR count). The van der Waals surface area contributed by atoms with Gasteiger partial charge in [0.25, 0.3) is 0 Å². The normalized spacial score (nSPS) is 12.0. The van der Waals surface area contributed by atoms with E-state index in [4.69, 9.17) is 4.74 Å². The molecule has 0 aliphatic heterocycles. The Labute approximate surface area is 132 Å². The quantitative estimate of drug-likeness (QED) is 0.578. The number of rotatable bonds is 7. The molecule has 0 aliphatic carbocycles. The van der Waals surface area contributed by atoms with Gasteiger partial charge in [-0.1, -0.05) is 6.92 Å². The van der Waals surface area contributed by atoms with Crippen LogP contribution in [0.2, 0.25) is 0 Å². The number of hydrogen-bond acceptors (Lipinski definition) is 5. The van der Waals surface area contributed by atoms with Gasteiger partial charge in [-0.25, -0.2) is 13.1 Å². The van der Waals surface area contributed by atoms with E-state index in [1.54, 1.807) is 6.92 Å². The lowest BCUT2D eigenvalue weighted by Crippen LogP contribution is -2.20. The predicted octanol–water partition coefficient (Wildman–Crippen LogP) is 1.98. The zero-order valence-corrected chi connectivity index (χ0v) is 13.3. The number of esters is 1. The molecule has 0 saturated carbocycles. The lowest BCUT2D eigenvalue weighted by Gasteiger charge is -2.13. The van der Waals surface area contributed by atoms with E-state index in [-0.39, 0.29) is 25.3 Å². The molecule has 0 saturated heterocycles. The Balaban J connectivity index is 2.98. The first kappa shape index (κ1) is 19.2. The second-order valence-corrected chi connectivity index (χ2v) is 6.34. The van der Waals surface area contributed by atoms with Crippen molar-refractivity contribution in [2.24, 2.45) is 0 Å². The largest absolute Gasteiger partial charge is 0.464 e. The summed E-state index contributed by atoms with van der Waals surface area (Å²) in [4.78, 5) is 10.4. The molecule has 23 heavy (non-hydrogen) atoms. The van der Waals surface area contributed by atoms with Gasteiger partial charge in [-0.05, 0) is 25.2 Å². The molecule has 0 amide bonds. The van der Waals surface area contributed by atoms with Crippen LogP contribution in [0.1, 0.15) is 18.9 Å². The van der Waals surface area contributed by atoms with E-state index in [2.05, 4.69) is 5.32 Å². The predicted molar refractivity (Wildman–Crippen MR) is 77.4 cm³/mol. The second-order valence-electron chi connectivity index (χ2n) is 4.45. The van der Waals surface area contributed by atoms with E-state index >= 15 is 0 Å². The summed E-state index contributed by atoms with van der Waals surface area (Å²) in [5.41, 5.74) is -1.14. The van der Waals surface area contributed by atoms with Gasteiger partial charge in [-0.2, -0.15) is 13.2 Å². The van der Waals surface area contributed by atoms with Crippen molar-refractivity contribution < 1.29 is 31.1 Å². The first-order chi connectivity index (χ1) is 10.6. The van der Waals surface area contributed by atoms with Gasteiger partial charge in [0.15, 0.2) is 0 Å². The number of benzene rings is 1. The van der Waals surface area contributed by atoms with Crippen molar-refractivity contribution in [2.45, 2.75) is 24.4 Å². The number of anilines is 1. The zero-order valence-electron chi connectivity index (χ0n) is 12.5. The standard InChI is InChI=1S/C13H17F3N2O4S/c1-3-12(19)22-5-4-18-10-6-9(13(14,15)16)7-11(8-10)23(20,21)17-2/h6-8,17-18H,3-5H2,1-2H3. The van der Waals surface area contributed by atoms with Crippen molar-refractivity contribution in [3.8, 4) is 0 Å². The smallest absolute Gasteiger partial charge is 0.416 e. The van der Waals surface area contributed by atoms with Crippen LogP contribution < -0.4 is 10.0 Å². The van der Waals surface area contributed by atoms with Crippen molar-refractivity contribution in [3.63, 3.8) is 0 Å². The van der Waals surface area contributed by atoms with E-state index in [1.807, 2.05) is 4.72 Å². The number of nitrogens with one attached hydrogen (secondary N) is 2. The average molecular weight is 354 g/mol. The molecule has 0 atom stereocenters. The third-order valence-electron chi connectivity index (χ3n) is 2.80. The number of carbonyl (C=O) groups excluding carboxylic acids is 1. The van der Waals surface area contributed by atoms with Gasteiger partial charge in [0.05, 0.1) is 10.5 Å². The van der Waals surface area contributed by atoms with Crippen LogP contribution in [0, 0.1) is 0 Å². The van der Waals surface area contributed by atoms with Crippen LogP contribution in [0.25, 0.3) is 0 Å². The fourth-order valence-electron chi connectivity index (χ4n) is 1.60. The highest BCUT2D eigenvalue weighted by Crippen LogP contribution is 2.33. The van der Waals surface area contributed by atoms with Gasteiger partial charge in [-0.3, -0.25) is 4.79 Å². The molecule has 130 valence electrons. The molecular formula is C13H17F3N2O4S. The van der Waals surface area contributed by atoms with Crippen LogP contribution in [0.15, 0.2) is 23.1 Å². The van der Waals surface area contributed by atoms with Gasteiger partial charge in [0, 0.05) is 18.7 Å². The monoisotopic (exact) mass is 354 g/mol. The molecule has 0 spiro atoms. The van der Waals surface area contributed by atoms with Crippen molar-refractivity contribution >= 4 is 21.7 Å². The summed E-state index contributed by atoms with van der Waals surface area (Å²) in [5.74, 6) is -0.436. The second kappa shape index (κ2) is 7.64. The number of ether oxygens (including phenoxy) is 1. The summed E-state index contributed by atoms with van der Waals surface area (Å²) in [5, 5.41) is 2.60. The fraction of sp³-hybridized carbons (Fsp3) is 0.462. The summed E-state index contributed by atoms with van der Waals surface area (Å²) < 4.78 is 68.8. The van der Waals surface area contributed by atoms with E-state index in [0.717, 1.165) is 19.2 Å². The average Bonchev–Trinajstić information content (AvgIpc) is 2.50. The van der Waals surface area contributed by atoms with E-state index in [1.165, 1.54) is 0 Å². The first-order valence-electron chi connectivity index (χ1n) is 6.65. The first-order valence-corrected chi connectivity index (χ1v) is 8.13.